The van der Waals surface area contributed by atoms with Crippen molar-refractivity contribution in [2.75, 3.05) is 13.6 Å². The molecule has 0 bridgehead atoms. The number of aromatic nitrogens is 1. The molecule has 1 aromatic heterocycles. The fourth-order valence-electron chi connectivity index (χ4n) is 4.27. The first kappa shape index (κ1) is 21.6. The van der Waals surface area contributed by atoms with Crippen LogP contribution in [0.1, 0.15) is 42.1 Å². The highest BCUT2D eigenvalue weighted by Gasteiger charge is 2.50. The Morgan fingerprint density at radius 2 is 1.90 bits per heavy atom. The largest absolute Gasteiger partial charge is 0.416 e. The molecular formula is C21H23ClF3N3O. The maximum atomic E-state index is 12.8. The Morgan fingerprint density at radius 3 is 2.48 bits per heavy atom. The molecule has 0 saturated carbocycles. The molecule has 0 unspecified atom stereocenters. The molecule has 2 aliphatic rings. The summed E-state index contributed by atoms with van der Waals surface area (Å²) >= 11 is 0. The first-order valence-corrected chi connectivity index (χ1v) is 9.37. The van der Waals surface area contributed by atoms with Gasteiger partial charge in [0.2, 0.25) is 5.91 Å². The number of alkyl halides is 3. The van der Waals surface area contributed by atoms with E-state index in [4.69, 9.17) is 0 Å². The van der Waals surface area contributed by atoms with Crippen LogP contribution in [0.5, 0.6) is 0 Å². The molecule has 4 rings (SSSR count). The van der Waals surface area contributed by atoms with Crippen LogP contribution in [0.3, 0.4) is 0 Å². The number of carbonyl (C=O) groups is 1. The Morgan fingerprint density at radius 1 is 1.21 bits per heavy atom. The zero-order valence-electron chi connectivity index (χ0n) is 16.2. The number of benzene rings is 1. The Labute approximate surface area is 173 Å². The topological polar surface area (TPSA) is 45.2 Å². The Bertz CT molecular complexity index is 916. The van der Waals surface area contributed by atoms with Crippen LogP contribution in [0, 0.1) is 6.92 Å². The van der Waals surface area contributed by atoms with Gasteiger partial charge >= 0.3 is 6.18 Å². The van der Waals surface area contributed by atoms with Crippen molar-refractivity contribution in [2.45, 2.75) is 43.9 Å². The molecule has 2 atom stereocenters. The zero-order chi connectivity index (χ0) is 20.1. The Balaban J connectivity index is 0.00000240. The van der Waals surface area contributed by atoms with Crippen LogP contribution in [-0.4, -0.2) is 34.9 Å². The highest BCUT2D eigenvalue weighted by atomic mass is 35.5. The second-order valence-corrected chi connectivity index (χ2v) is 7.79. The molecule has 4 nitrogen and oxygen atoms in total. The lowest BCUT2D eigenvalue weighted by molar-refractivity contribution is -0.137. The van der Waals surface area contributed by atoms with E-state index < -0.39 is 17.3 Å². The van der Waals surface area contributed by atoms with Gasteiger partial charge in [0.1, 0.15) is 5.54 Å². The highest BCUT2D eigenvalue weighted by molar-refractivity contribution is 5.88. The smallest absolute Gasteiger partial charge is 0.344 e. The van der Waals surface area contributed by atoms with Gasteiger partial charge in [-0.15, -0.1) is 12.4 Å². The molecule has 2 saturated heterocycles. The van der Waals surface area contributed by atoms with E-state index in [0.29, 0.717) is 0 Å². The number of nitrogens with one attached hydrogen (secondary N) is 1. The number of hydrogen-bond donors (Lipinski definition) is 1. The number of amides is 1. The van der Waals surface area contributed by atoms with Crippen molar-refractivity contribution in [2.24, 2.45) is 0 Å². The van der Waals surface area contributed by atoms with Crippen LogP contribution in [0.4, 0.5) is 13.2 Å². The van der Waals surface area contributed by atoms with Gasteiger partial charge < -0.3 is 4.90 Å². The third-order valence-corrected chi connectivity index (χ3v) is 5.94. The van der Waals surface area contributed by atoms with Gasteiger partial charge in [0.25, 0.3) is 0 Å². The molecular weight excluding hydrogens is 403 g/mol. The number of pyridine rings is 1. The lowest BCUT2D eigenvalue weighted by Gasteiger charge is -2.23. The molecule has 2 aromatic rings. The summed E-state index contributed by atoms with van der Waals surface area (Å²) in [5.74, 6) is 0.130. The third kappa shape index (κ3) is 3.85. The van der Waals surface area contributed by atoms with Crippen molar-refractivity contribution in [3.05, 3.63) is 53.3 Å². The lowest BCUT2D eigenvalue weighted by Crippen LogP contribution is -2.47. The van der Waals surface area contributed by atoms with Gasteiger partial charge in [-0.1, -0.05) is 12.1 Å². The average Bonchev–Trinajstić information content (AvgIpc) is 3.22. The molecule has 2 fully saturated rings. The van der Waals surface area contributed by atoms with Crippen molar-refractivity contribution in [3.63, 3.8) is 0 Å². The zero-order valence-corrected chi connectivity index (χ0v) is 17.0. The van der Waals surface area contributed by atoms with E-state index in [9.17, 15) is 18.0 Å². The number of likely N-dealkylation sites (tertiary alicyclic amines) is 1. The summed E-state index contributed by atoms with van der Waals surface area (Å²) in [7, 11) is 1.82. The maximum Gasteiger partial charge on any atom is 0.416 e. The van der Waals surface area contributed by atoms with E-state index >= 15 is 0 Å². The molecule has 1 amide bonds. The van der Waals surface area contributed by atoms with Gasteiger partial charge in [-0.3, -0.25) is 15.1 Å². The quantitative estimate of drug-likeness (QED) is 0.769. The van der Waals surface area contributed by atoms with E-state index in [2.05, 4.69) is 10.3 Å². The molecule has 0 aliphatic carbocycles. The van der Waals surface area contributed by atoms with Gasteiger partial charge in [-0.05, 0) is 61.1 Å². The fraction of sp³-hybridized carbons (Fsp3) is 0.429. The molecule has 156 valence electrons. The number of rotatable bonds is 2. The first-order valence-electron chi connectivity index (χ1n) is 9.37. The minimum atomic E-state index is -4.35. The SMILES string of the molecule is Cc1cnc([C@@H]2CC[C@]3(CCN(C)C3=O)N2)cc1-c1ccc(C(F)(F)F)cc1.Cl. The van der Waals surface area contributed by atoms with Crippen molar-refractivity contribution in [1.29, 1.82) is 0 Å². The summed E-state index contributed by atoms with van der Waals surface area (Å²) < 4.78 is 38.5. The fourth-order valence-corrected chi connectivity index (χ4v) is 4.27. The van der Waals surface area contributed by atoms with Crippen molar-refractivity contribution in [1.82, 2.24) is 15.2 Å². The molecule has 1 N–H and O–H groups in total. The van der Waals surface area contributed by atoms with Crippen molar-refractivity contribution in [3.8, 4) is 11.1 Å². The molecule has 29 heavy (non-hydrogen) atoms. The van der Waals surface area contributed by atoms with Crippen LogP contribution >= 0.6 is 12.4 Å². The normalized spacial score (nSPS) is 24.2. The monoisotopic (exact) mass is 425 g/mol. The van der Waals surface area contributed by atoms with E-state index in [-0.39, 0.29) is 24.4 Å². The molecule has 1 aromatic carbocycles. The van der Waals surface area contributed by atoms with E-state index in [1.54, 1.807) is 11.1 Å². The van der Waals surface area contributed by atoms with E-state index in [1.807, 2.05) is 20.0 Å². The predicted octanol–water partition coefficient (Wildman–Crippen LogP) is 4.52. The lowest BCUT2D eigenvalue weighted by atomic mass is 9.96. The number of aryl methyl sites for hydroxylation is 1. The van der Waals surface area contributed by atoms with Gasteiger partial charge in [-0.2, -0.15) is 13.2 Å². The molecule has 8 heteroatoms. The van der Waals surface area contributed by atoms with Crippen LogP contribution in [0.15, 0.2) is 36.5 Å². The van der Waals surface area contributed by atoms with E-state index in [1.165, 1.54) is 12.1 Å². The summed E-state index contributed by atoms with van der Waals surface area (Å²) in [5, 5.41) is 3.49. The average molecular weight is 426 g/mol. The molecule has 2 aliphatic heterocycles. The first-order chi connectivity index (χ1) is 13.2. The third-order valence-electron chi connectivity index (χ3n) is 5.94. The summed E-state index contributed by atoms with van der Waals surface area (Å²) in [5.41, 5.74) is 2.13. The van der Waals surface area contributed by atoms with Gasteiger partial charge in [0, 0.05) is 19.8 Å². The minimum Gasteiger partial charge on any atom is -0.344 e. The van der Waals surface area contributed by atoms with Crippen molar-refractivity contribution >= 4 is 18.3 Å². The van der Waals surface area contributed by atoms with Crippen LogP contribution in [0.2, 0.25) is 0 Å². The van der Waals surface area contributed by atoms with Crippen LogP contribution < -0.4 is 5.32 Å². The van der Waals surface area contributed by atoms with E-state index in [0.717, 1.165) is 60.3 Å². The van der Waals surface area contributed by atoms with Crippen LogP contribution in [0.25, 0.3) is 11.1 Å². The van der Waals surface area contributed by atoms with Gasteiger partial charge in [-0.25, -0.2) is 0 Å². The highest BCUT2D eigenvalue weighted by Crippen LogP contribution is 2.39. The summed E-state index contributed by atoms with van der Waals surface area (Å²) in [4.78, 5) is 18.8. The molecule has 1 spiro atoms. The summed E-state index contributed by atoms with van der Waals surface area (Å²) in [6.45, 7) is 2.64. The maximum absolute atomic E-state index is 12.8. The summed E-state index contributed by atoms with van der Waals surface area (Å²) in [6, 6.07) is 7.08. The number of halogens is 4. The summed E-state index contributed by atoms with van der Waals surface area (Å²) in [6.07, 6.45) is -0.234. The number of carbonyl (C=O) groups excluding carboxylic acids is 1. The second-order valence-electron chi connectivity index (χ2n) is 7.79. The van der Waals surface area contributed by atoms with Crippen LogP contribution in [-0.2, 0) is 11.0 Å². The molecule has 3 heterocycles. The standard InChI is InChI=1S/C21H22F3N3O.ClH/c1-13-12-25-18(17-7-8-20(26-17)9-10-27(2)19(20)28)11-16(13)14-3-5-15(6-4-14)21(22,23)24;/h3-6,11-12,17,26H,7-10H2,1-2H3;1H/t17-,20+;/m0./s1. The molecule has 0 radical (unpaired) electrons. The van der Waals surface area contributed by atoms with Gasteiger partial charge in [0.15, 0.2) is 0 Å². The minimum absolute atomic E-state index is 0. The Kier molecular flexibility index (Phi) is 5.66. The predicted molar refractivity (Wildman–Crippen MR) is 107 cm³/mol. The number of nitrogens with zero attached hydrogens (tertiary/aromatic N) is 2. The number of likely N-dealkylation sites (N-methyl/N-ethyl adjacent to an activating group) is 1. The van der Waals surface area contributed by atoms with Gasteiger partial charge in [0.05, 0.1) is 17.3 Å². The second kappa shape index (κ2) is 7.61. The Hall–Kier alpha value is -2.12. The van der Waals surface area contributed by atoms with Crippen molar-refractivity contribution < 1.29 is 18.0 Å². The number of hydrogen-bond acceptors (Lipinski definition) is 3.